The first-order valence-corrected chi connectivity index (χ1v) is 7.55. The molecule has 0 aliphatic carbocycles. The van der Waals surface area contributed by atoms with Crippen LogP contribution >= 0.6 is 22.9 Å². The van der Waals surface area contributed by atoms with E-state index in [4.69, 9.17) is 22.8 Å². The summed E-state index contributed by atoms with van der Waals surface area (Å²) in [5.74, 6) is 2.95. The Bertz CT molecular complexity index is 808. The molecule has 0 aliphatic heterocycles. The first-order valence-electron chi connectivity index (χ1n) is 6.30. The summed E-state index contributed by atoms with van der Waals surface area (Å²) in [6.07, 6.45) is 5.14. The summed E-state index contributed by atoms with van der Waals surface area (Å²) >= 11 is 7.88. The lowest BCUT2D eigenvalue weighted by Crippen LogP contribution is -1.99. The van der Waals surface area contributed by atoms with Crippen molar-refractivity contribution in [3.63, 3.8) is 0 Å². The lowest BCUT2D eigenvalue weighted by molar-refractivity contribution is 0.147. The first-order chi connectivity index (χ1) is 10.3. The number of nitrogens with zero attached hydrogens (tertiary/aromatic N) is 2. The van der Waals surface area contributed by atoms with Crippen LogP contribution < -0.4 is 0 Å². The molecule has 1 aromatic carbocycles. The van der Waals surface area contributed by atoms with E-state index in [-0.39, 0.29) is 13.2 Å². The highest BCUT2D eigenvalue weighted by Gasteiger charge is 2.13. The SMILES string of the molecule is C#CCOCc1nc(Cl)c2c(-c3ccccc3)csc2n1. The number of halogens is 1. The van der Waals surface area contributed by atoms with Crippen molar-refractivity contribution in [2.24, 2.45) is 0 Å². The Balaban J connectivity index is 2.02. The zero-order valence-electron chi connectivity index (χ0n) is 11.0. The standard InChI is InChI=1S/C16H11ClN2OS/c1-2-8-20-9-13-18-15(17)14-12(10-21-16(14)19-13)11-6-4-3-5-7-11/h1,3-7,10H,8-9H2. The molecule has 0 radical (unpaired) electrons. The van der Waals surface area contributed by atoms with Crippen molar-refractivity contribution in [2.45, 2.75) is 6.61 Å². The summed E-state index contributed by atoms with van der Waals surface area (Å²) in [6, 6.07) is 10.1. The van der Waals surface area contributed by atoms with E-state index in [1.807, 2.05) is 35.7 Å². The van der Waals surface area contributed by atoms with Crippen molar-refractivity contribution in [1.29, 1.82) is 0 Å². The average molecular weight is 315 g/mol. The summed E-state index contributed by atoms with van der Waals surface area (Å²) in [5, 5.41) is 3.38. The van der Waals surface area contributed by atoms with E-state index in [0.29, 0.717) is 11.0 Å². The zero-order valence-corrected chi connectivity index (χ0v) is 12.6. The number of thiophene rings is 1. The van der Waals surface area contributed by atoms with Crippen molar-refractivity contribution in [2.75, 3.05) is 6.61 Å². The largest absolute Gasteiger partial charge is 0.361 e. The molecule has 0 fully saturated rings. The van der Waals surface area contributed by atoms with Gasteiger partial charge in [0.15, 0.2) is 5.82 Å². The number of hydrogen-bond donors (Lipinski definition) is 0. The molecule has 21 heavy (non-hydrogen) atoms. The molecule has 0 N–H and O–H groups in total. The Morgan fingerprint density at radius 2 is 2.05 bits per heavy atom. The third-order valence-corrected chi connectivity index (χ3v) is 4.08. The summed E-state index contributed by atoms with van der Waals surface area (Å²) in [4.78, 5) is 9.64. The van der Waals surface area contributed by atoms with E-state index in [1.165, 1.54) is 0 Å². The van der Waals surface area contributed by atoms with Gasteiger partial charge in [-0.1, -0.05) is 47.9 Å². The molecular weight excluding hydrogens is 304 g/mol. The van der Waals surface area contributed by atoms with E-state index < -0.39 is 0 Å². The van der Waals surface area contributed by atoms with Gasteiger partial charge in [0.25, 0.3) is 0 Å². The van der Waals surface area contributed by atoms with E-state index >= 15 is 0 Å². The molecule has 2 heterocycles. The number of aromatic nitrogens is 2. The van der Waals surface area contributed by atoms with Crippen molar-refractivity contribution in [3.8, 4) is 23.5 Å². The van der Waals surface area contributed by atoms with Crippen molar-refractivity contribution in [1.82, 2.24) is 9.97 Å². The van der Waals surface area contributed by atoms with Crippen LogP contribution in [0.4, 0.5) is 0 Å². The Kier molecular flexibility index (Phi) is 4.16. The molecule has 0 unspecified atom stereocenters. The van der Waals surface area contributed by atoms with Crippen molar-refractivity contribution < 1.29 is 4.74 Å². The maximum atomic E-state index is 6.33. The molecule has 3 aromatic rings. The highest BCUT2D eigenvalue weighted by Crippen LogP contribution is 2.36. The van der Waals surface area contributed by atoms with Gasteiger partial charge in [0, 0.05) is 10.9 Å². The average Bonchev–Trinajstić information content (AvgIpc) is 2.93. The normalized spacial score (nSPS) is 10.7. The molecule has 0 saturated carbocycles. The fourth-order valence-corrected chi connectivity index (χ4v) is 3.35. The molecule has 0 amide bonds. The summed E-state index contributed by atoms with van der Waals surface area (Å²) in [7, 11) is 0. The summed E-state index contributed by atoms with van der Waals surface area (Å²) in [6.45, 7) is 0.497. The molecule has 2 aromatic heterocycles. The monoisotopic (exact) mass is 314 g/mol. The Morgan fingerprint density at radius 1 is 1.24 bits per heavy atom. The summed E-state index contributed by atoms with van der Waals surface area (Å²) in [5.41, 5.74) is 2.15. The van der Waals surface area contributed by atoms with Crippen molar-refractivity contribution >= 4 is 33.2 Å². The number of terminal acetylenes is 1. The topological polar surface area (TPSA) is 35.0 Å². The lowest BCUT2D eigenvalue weighted by atomic mass is 10.1. The molecule has 0 saturated heterocycles. The Labute approximate surface area is 131 Å². The molecule has 104 valence electrons. The van der Waals surface area contributed by atoms with Crippen LogP contribution in [0.1, 0.15) is 5.82 Å². The number of ether oxygens (including phenoxy) is 1. The molecule has 0 aliphatic rings. The second kappa shape index (κ2) is 6.23. The van der Waals surface area contributed by atoms with Crippen LogP contribution in [-0.2, 0) is 11.3 Å². The Hall–Kier alpha value is -1.93. The van der Waals surface area contributed by atoms with Crippen LogP contribution in [0.15, 0.2) is 35.7 Å². The predicted octanol–water partition coefficient (Wildman–Crippen LogP) is 4.16. The van der Waals surface area contributed by atoms with Gasteiger partial charge in [0.2, 0.25) is 0 Å². The van der Waals surface area contributed by atoms with E-state index in [1.54, 1.807) is 11.3 Å². The number of fused-ring (bicyclic) bond motifs is 1. The maximum absolute atomic E-state index is 6.33. The van der Waals surface area contributed by atoms with Crippen LogP contribution in [0.25, 0.3) is 21.3 Å². The number of rotatable bonds is 4. The van der Waals surface area contributed by atoms with Crippen LogP contribution in [0.5, 0.6) is 0 Å². The van der Waals surface area contributed by atoms with Gasteiger partial charge in [-0.2, -0.15) is 0 Å². The lowest BCUT2D eigenvalue weighted by Gasteiger charge is -2.04. The second-order valence-corrected chi connectivity index (χ2v) is 5.54. The fraction of sp³-hybridized carbons (Fsp3) is 0.125. The van der Waals surface area contributed by atoms with E-state index in [2.05, 4.69) is 15.9 Å². The highest BCUT2D eigenvalue weighted by molar-refractivity contribution is 7.17. The first kappa shape index (κ1) is 14.0. The van der Waals surface area contributed by atoms with Crippen molar-refractivity contribution in [3.05, 3.63) is 46.7 Å². The number of benzene rings is 1. The van der Waals surface area contributed by atoms with Crippen LogP contribution in [0.2, 0.25) is 5.15 Å². The van der Waals surface area contributed by atoms with Crippen LogP contribution in [0, 0.1) is 12.3 Å². The zero-order chi connectivity index (χ0) is 14.7. The van der Waals surface area contributed by atoms with Gasteiger partial charge in [-0.15, -0.1) is 17.8 Å². The van der Waals surface area contributed by atoms with Gasteiger partial charge in [0.1, 0.15) is 23.2 Å². The van der Waals surface area contributed by atoms with Gasteiger partial charge >= 0.3 is 0 Å². The third-order valence-electron chi connectivity index (χ3n) is 2.94. The van der Waals surface area contributed by atoms with Gasteiger partial charge in [-0.25, -0.2) is 9.97 Å². The molecule has 0 atom stereocenters. The van der Waals surface area contributed by atoms with E-state index in [9.17, 15) is 0 Å². The summed E-state index contributed by atoms with van der Waals surface area (Å²) < 4.78 is 5.25. The smallest absolute Gasteiger partial charge is 0.157 e. The molecule has 0 bridgehead atoms. The van der Waals surface area contributed by atoms with Gasteiger partial charge in [-0.05, 0) is 5.56 Å². The molecule has 3 rings (SSSR count). The molecule has 0 spiro atoms. The predicted molar refractivity (Wildman–Crippen MR) is 86.4 cm³/mol. The minimum atomic E-state index is 0.235. The maximum Gasteiger partial charge on any atom is 0.157 e. The second-order valence-electron chi connectivity index (χ2n) is 4.32. The van der Waals surface area contributed by atoms with Gasteiger partial charge in [0.05, 0.1) is 5.39 Å². The Morgan fingerprint density at radius 3 is 2.81 bits per heavy atom. The molecule has 3 nitrogen and oxygen atoms in total. The third kappa shape index (κ3) is 2.91. The minimum absolute atomic E-state index is 0.235. The van der Waals surface area contributed by atoms with Crippen LogP contribution in [0.3, 0.4) is 0 Å². The molecular formula is C16H11ClN2OS. The fourth-order valence-electron chi connectivity index (χ4n) is 2.04. The van der Waals surface area contributed by atoms with Gasteiger partial charge in [-0.3, -0.25) is 0 Å². The van der Waals surface area contributed by atoms with Gasteiger partial charge < -0.3 is 4.74 Å². The number of hydrogen-bond acceptors (Lipinski definition) is 4. The quantitative estimate of drug-likeness (QED) is 0.412. The van der Waals surface area contributed by atoms with E-state index in [0.717, 1.165) is 21.3 Å². The highest BCUT2D eigenvalue weighted by atomic mass is 35.5. The molecule has 5 heteroatoms. The minimum Gasteiger partial charge on any atom is -0.361 e. The van der Waals surface area contributed by atoms with Crippen LogP contribution in [-0.4, -0.2) is 16.6 Å².